The molecule has 268 valence electrons. The van der Waals surface area contributed by atoms with E-state index in [-0.39, 0.29) is 24.4 Å². The van der Waals surface area contributed by atoms with Gasteiger partial charge in [0.2, 0.25) is 0 Å². The van der Waals surface area contributed by atoms with Crippen molar-refractivity contribution in [3.8, 4) is 0 Å². The van der Waals surface area contributed by atoms with Crippen LogP contribution in [-0.2, 0) is 28.9 Å². The highest BCUT2D eigenvalue weighted by molar-refractivity contribution is 5.68. The fraction of sp³-hybridized carbons (Fsp3) is 0.487. The van der Waals surface area contributed by atoms with Gasteiger partial charge < -0.3 is 40.7 Å². The van der Waals surface area contributed by atoms with Gasteiger partial charge in [-0.1, -0.05) is 112 Å². The summed E-state index contributed by atoms with van der Waals surface area (Å²) in [5.74, 6) is -0.0366. The van der Waals surface area contributed by atoms with E-state index in [1.54, 1.807) is 0 Å². The van der Waals surface area contributed by atoms with Crippen LogP contribution in [0.1, 0.15) is 57.7 Å². The lowest BCUT2D eigenvalue weighted by Crippen LogP contribution is -2.53. The topological polar surface area (TPSA) is 149 Å². The van der Waals surface area contributed by atoms with Gasteiger partial charge in [0.05, 0.1) is 30.9 Å². The van der Waals surface area contributed by atoms with Crippen molar-refractivity contribution in [2.75, 3.05) is 19.7 Å². The number of hydrogen-bond acceptors (Lipinski definition) is 7. The summed E-state index contributed by atoms with van der Waals surface area (Å²) < 4.78 is 12.1. The SMILES string of the molecule is CC(C)(C)[C@H](CCOCc1ccccc1)C(C)(C)OC(=O)NC(Cc1ccccc1)C(O)CNCC(O)C(Cc1ccccc1)NC(=O)O. The number of rotatable bonds is 19. The van der Waals surface area contributed by atoms with Gasteiger partial charge >= 0.3 is 12.2 Å². The van der Waals surface area contributed by atoms with Crippen molar-refractivity contribution in [3.05, 3.63) is 108 Å². The van der Waals surface area contributed by atoms with Crippen LogP contribution in [0.3, 0.4) is 0 Å². The molecular weight excluding hydrogens is 622 g/mol. The second-order valence-electron chi connectivity index (χ2n) is 14.2. The molecule has 0 radical (unpaired) electrons. The van der Waals surface area contributed by atoms with Gasteiger partial charge in [-0.05, 0) is 55.2 Å². The maximum Gasteiger partial charge on any atom is 0.407 e. The van der Waals surface area contributed by atoms with Crippen LogP contribution in [0.5, 0.6) is 0 Å². The van der Waals surface area contributed by atoms with Gasteiger partial charge in [0.25, 0.3) is 0 Å². The molecule has 4 unspecified atom stereocenters. The zero-order valence-corrected chi connectivity index (χ0v) is 29.5. The van der Waals surface area contributed by atoms with Gasteiger partial charge in [0.15, 0.2) is 0 Å². The number of hydrogen-bond donors (Lipinski definition) is 6. The minimum atomic E-state index is -1.23. The fourth-order valence-corrected chi connectivity index (χ4v) is 6.40. The standard InChI is InChI=1S/C39H55N3O7/c1-38(2,3)35(21-22-48-27-30-19-13-8-14-20-30)39(4,5)49-37(47)42-32(24-29-17-11-7-12-18-29)34(44)26-40-25-33(43)31(41-36(45)46)23-28-15-9-6-10-16-28/h6-20,31-35,40-41,43-44H,21-27H2,1-5H3,(H,42,47)(H,45,46)/t31?,32?,33?,34?,35-/m0/s1. The van der Waals surface area contributed by atoms with E-state index in [4.69, 9.17) is 9.47 Å². The van der Waals surface area contributed by atoms with Crippen molar-refractivity contribution < 1.29 is 34.4 Å². The Hall–Kier alpha value is -3.96. The molecule has 0 saturated heterocycles. The minimum Gasteiger partial charge on any atom is -0.465 e. The number of benzene rings is 3. The molecule has 3 rings (SSSR count). The average Bonchev–Trinajstić information content (AvgIpc) is 3.04. The normalized spacial score (nSPS) is 15.0. The van der Waals surface area contributed by atoms with Crippen LogP contribution in [0, 0.1) is 11.3 Å². The number of carbonyl (C=O) groups is 2. The number of ether oxygens (including phenoxy) is 2. The molecule has 10 heteroatoms. The van der Waals surface area contributed by atoms with Crippen molar-refractivity contribution >= 4 is 12.2 Å². The minimum absolute atomic E-state index is 0.0178. The van der Waals surface area contributed by atoms with Crippen LogP contribution in [-0.4, -0.2) is 77.1 Å². The Labute approximate surface area is 291 Å². The summed E-state index contributed by atoms with van der Waals surface area (Å²) in [6.07, 6.45) is -2.67. The van der Waals surface area contributed by atoms with Gasteiger partial charge in [-0.2, -0.15) is 0 Å². The number of nitrogens with one attached hydrogen (secondary N) is 3. The smallest absolute Gasteiger partial charge is 0.407 e. The zero-order chi connectivity index (χ0) is 35.9. The molecule has 0 fully saturated rings. The lowest BCUT2D eigenvalue weighted by molar-refractivity contribution is -0.0609. The Bertz CT molecular complexity index is 1380. The van der Waals surface area contributed by atoms with Gasteiger partial charge in [-0.3, -0.25) is 0 Å². The molecule has 6 N–H and O–H groups in total. The van der Waals surface area contributed by atoms with Crippen molar-refractivity contribution in [1.82, 2.24) is 16.0 Å². The van der Waals surface area contributed by atoms with Crippen LogP contribution in [0.25, 0.3) is 0 Å². The van der Waals surface area contributed by atoms with Crippen LogP contribution < -0.4 is 16.0 Å². The molecule has 3 aromatic rings. The Kier molecular flexibility index (Phi) is 15.5. The van der Waals surface area contributed by atoms with Crippen LogP contribution >= 0.6 is 0 Å². The average molecular weight is 678 g/mol. The van der Waals surface area contributed by atoms with Crippen LogP contribution in [0.15, 0.2) is 91.0 Å². The van der Waals surface area contributed by atoms with Crippen molar-refractivity contribution in [1.29, 1.82) is 0 Å². The van der Waals surface area contributed by atoms with Crippen LogP contribution in [0.4, 0.5) is 9.59 Å². The van der Waals surface area contributed by atoms with Gasteiger partial charge in [0, 0.05) is 25.6 Å². The van der Waals surface area contributed by atoms with Gasteiger partial charge in [-0.15, -0.1) is 0 Å². The second kappa shape index (κ2) is 19.3. The first-order chi connectivity index (χ1) is 23.2. The molecule has 3 aromatic carbocycles. The fourth-order valence-electron chi connectivity index (χ4n) is 6.40. The largest absolute Gasteiger partial charge is 0.465 e. The summed E-state index contributed by atoms with van der Waals surface area (Å²) >= 11 is 0. The first-order valence-corrected chi connectivity index (χ1v) is 17.0. The van der Waals surface area contributed by atoms with Crippen LogP contribution in [0.2, 0.25) is 0 Å². The number of carboxylic acid groups (broad SMARTS) is 1. The van der Waals surface area contributed by atoms with Gasteiger partial charge in [0.1, 0.15) is 5.60 Å². The third-order valence-electron chi connectivity index (χ3n) is 8.75. The summed E-state index contributed by atoms with van der Waals surface area (Å²) in [7, 11) is 0. The Morgan fingerprint density at radius 3 is 1.59 bits per heavy atom. The molecular formula is C39H55N3O7. The van der Waals surface area contributed by atoms with E-state index in [1.807, 2.05) is 105 Å². The van der Waals surface area contributed by atoms with E-state index in [2.05, 4.69) is 36.7 Å². The molecule has 0 aromatic heterocycles. The molecule has 0 aliphatic rings. The Balaban J connectivity index is 1.62. The maximum absolute atomic E-state index is 13.5. The number of aliphatic hydroxyl groups is 2. The molecule has 0 saturated carbocycles. The zero-order valence-electron chi connectivity index (χ0n) is 29.5. The summed E-state index contributed by atoms with van der Waals surface area (Å²) in [5, 5.41) is 39.8. The van der Waals surface area contributed by atoms with E-state index in [9.17, 15) is 24.9 Å². The molecule has 0 aliphatic carbocycles. The third-order valence-corrected chi connectivity index (χ3v) is 8.75. The molecule has 5 atom stereocenters. The quantitative estimate of drug-likeness (QED) is 0.0904. The highest BCUT2D eigenvalue weighted by Gasteiger charge is 2.41. The molecule has 10 nitrogen and oxygen atoms in total. The highest BCUT2D eigenvalue weighted by atomic mass is 16.6. The molecule has 0 bridgehead atoms. The number of carbonyl (C=O) groups excluding carboxylic acids is 1. The monoisotopic (exact) mass is 677 g/mol. The van der Waals surface area contributed by atoms with Gasteiger partial charge in [-0.25, -0.2) is 9.59 Å². The predicted octanol–water partition coefficient (Wildman–Crippen LogP) is 5.56. The molecule has 0 heterocycles. The van der Waals surface area contributed by atoms with E-state index < -0.39 is 42.1 Å². The summed E-state index contributed by atoms with van der Waals surface area (Å²) in [6, 6.07) is 27.3. The summed E-state index contributed by atoms with van der Waals surface area (Å²) in [6.45, 7) is 11.2. The Morgan fingerprint density at radius 1 is 0.694 bits per heavy atom. The second-order valence-corrected chi connectivity index (χ2v) is 14.2. The summed E-state index contributed by atoms with van der Waals surface area (Å²) in [4.78, 5) is 24.9. The number of amides is 2. The van der Waals surface area contributed by atoms with Crippen molar-refractivity contribution in [2.45, 2.75) is 90.4 Å². The Morgan fingerprint density at radius 2 is 1.14 bits per heavy atom. The van der Waals surface area contributed by atoms with Crippen molar-refractivity contribution in [3.63, 3.8) is 0 Å². The summed E-state index contributed by atoms with van der Waals surface area (Å²) in [5.41, 5.74) is 1.85. The van der Waals surface area contributed by atoms with E-state index in [0.29, 0.717) is 32.5 Å². The first kappa shape index (κ1) is 39.5. The lowest BCUT2D eigenvalue weighted by atomic mass is 9.70. The maximum atomic E-state index is 13.5. The third kappa shape index (κ3) is 14.2. The van der Waals surface area contributed by atoms with E-state index >= 15 is 0 Å². The molecule has 0 spiro atoms. The van der Waals surface area contributed by atoms with Crippen molar-refractivity contribution in [2.24, 2.45) is 11.3 Å². The van der Waals surface area contributed by atoms with E-state index in [0.717, 1.165) is 16.7 Å². The number of aliphatic hydroxyl groups excluding tert-OH is 2. The highest BCUT2D eigenvalue weighted by Crippen LogP contribution is 2.39. The lowest BCUT2D eigenvalue weighted by Gasteiger charge is -2.42. The molecule has 49 heavy (non-hydrogen) atoms. The predicted molar refractivity (Wildman–Crippen MR) is 191 cm³/mol. The number of alkyl carbamates (subject to hydrolysis) is 1. The molecule has 2 amide bonds. The molecule has 0 aliphatic heterocycles. The van der Waals surface area contributed by atoms with E-state index in [1.165, 1.54) is 0 Å². The first-order valence-electron chi connectivity index (χ1n) is 17.0.